The predicted molar refractivity (Wildman–Crippen MR) is 103 cm³/mol. The second-order valence-corrected chi connectivity index (χ2v) is 6.99. The summed E-state index contributed by atoms with van der Waals surface area (Å²) in [5.74, 6) is 0.475. The average Bonchev–Trinajstić information content (AvgIpc) is 2.65. The van der Waals surface area contributed by atoms with Crippen molar-refractivity contribution < 1.29 is 9.57 Å². The van der Waals surface area contributed by atoms with E-state index in [1.807, 2.05) is 0 Å². The van der Waals surface area contributed by atoms with E-state index in [4.69, 9.17) is 9.57 Å². The monoisotopic (exact) mass is 342 g/mol. The predicted octanol–water partition coefficient (Wildman–Crippen LogP) is 3.98. The number of rotatable bonds is 6. The van der Waals surface area contributed by atoms with Gasteiger partial charge in [0.25, 0.3) is 0 Å². The van der Waals surface area contributed by atoms with Crippen LogP contribution in [0.3, 0.4) is 0 Å². The summed E-state index contributed by atoms with van der Waals surface area (Å²) < 4.78 is 5.38. The van der Waals surface area contributed by atoms with Crippen LogP contribution in [0.1, 0.15) is 38.2 Å². The Balaban J connectivity index is 1.53. The van der Waals surface area contributed by atoms with Crippen LogP contribution in [0, 0.1) is 5.92 Å². The van der Waals surface area contributed by atoms with Gasteiger partial charge in [-0.05, 0) is 42.9 Å². The van der Waals surface area contributed by atoms with Crippen molar-refractivity contribution in [2.45, 2.75) is 32.6 Å². The second kappa shape index (κ2) is 9.73. The van der Waals surface area contributed by atoms with Gasteiger partial charge in [0, 0.05) is 25.6 Å². The van der Waals surface area contributed by atoms with Gasteiger partial charge in [-0.25, -0.2) is 0 Å². The van der Waals surface area contributed by atoms with Crippen LogP contribution < -0.4 is 0 Å². The molecule has 1 saturated carbocycles. The first-order valence-corrected chi connectivity index (χ1v) is 9.59. The zero-order valence-corrected chi connectivity index (χ0v) is 15.3. The van der Waals surface area contributed by atoms with Crippen molar-refractivity contribution in [3.05, 3.63) is 41.5 Å². The lowest BCUT2D eigenvalue weighted by Gasteiger charge is -2.26. The fraction of sp³-hybridized carbons (Fsp3) is 0.571. The molecule has 1 atom stereocenters. The van der Waals surface area contributed by atoms with Crippen LogP contribution >= 0.6 is 0 Å². The van der Waals surface area contributed by atoms with Crippen LogP contribution in [0.4, 0.5) is 0 Å². The van der Waals surface area contributed by atoms with E-state index in [2.05, 4.69) is 53.4 Å². The Morgan fingerprint density at radius 1 is 1.24 bits per heavy atom. The Kier molecular flexibility index (Phi) is 7.07. The fourth-order valence-electron chi connectivity index (χ4n) is 3.52. The van der Waals surface area contributed by atoms with Crippen LogP contribution in [0.2, 0.25) is 0 Å². The minimum Gasteiger partial charge on any atom is -0.396 e. The highest BCUT2D eigenvalue weighted by Gasteiger charge is 2.21. The summed E-state index contributed by atoms with van der Waals surface area (Å²) in [4.78, 5) is 8.13. The SMILES string of the molecule is C[C@@H]1CCCC(=C\c2ccccc2)/C1=N/OCCCN1CCOCC1. The molecule has 136 valence electrons. The van der Waals surface area contributed by atoms with Gasteiger partial charge in [0.1, 0.15) is 6.61 Å². The third-order valence-corrected chi connectivity index (χ3v) is 5.00. The maximum absolute atomic E-state index is 5.69. The molecule has 0 N–H and O–H groups in total. The molecular weight excluding hydrogens is 312 g/mol. The van der Waals surface area contributed by atoms with Crippen molar-refractivity contribution in [1.82, 2.24) is 4.90 Å². The molecule has 4 nitrogen and oxygen atoms in total. The molecule has 1 aromatic carbocycles. The van der Waals surface area contributed by atoms with Gasteiger partial charge < -0.3 is 9.57 Å². The summed E-state index contributed by atoms with van der Waals surface area (Å²) >= 11 is 0. The summed E-state index contributed by atoms with van der Waals surface area (Å²) in [5, 5.41) is 4.53. The first-order chi connectivity index (χ1) is 12.3. The van der Waals surface area contributed by atoms with E-state index >= 15 is 0 Å². The van der Waals surface area contributed by atoms with E-state index in [-0.39, 0.29) is 0 Å². The lowest BCUT2D eigenvalue weighted by atomic mass is 9.84. The molecule has 0 amide bonds. The summed E-state index contributed by atoms with van der Waals surface area (Å²) in [7, 11) is 0. The van der Waals surface area contributed by atoms with E-state index < -0.39 is 0 Å². The average molecular weight is 342 g/mol. The third-order valence-electron chi connectivity index (χ3n) is 5.00. The highest BCUT2D eigenvalue weighted by molar-refractivity contribution is 6.05. The van der Waals surface area contributed by atoms with Gasteiger partial charge in [-0.2, -0.15) is 0 Å². The Hall–Kier alpha value is -1.65. The zero-order valence-electron chi connectivity index (χ0n) is 15.3. The summed E-state index contributed by atoms with van der Waals surface area (Å²) in [6, 6.07) is 10.5. The smallest absolute Gasteiger partial charge is 0.118 e. The Labute approximate surface area is 151 Å². The molecule has 1 heterocycles. The van der Waals surface area contributed by atoms with Gasteiger partial charge in [-0.1, -0.05) is 42.4 Å². The molecule has 1 aromatic rings. The maximum atomic E-state index is 5.69. The molecule has 1 saturated heterocycles. The second-order valence-electron chi connectivity index (χ2n) is 6.99. The fourth-order valence-corrected chi connectivity index (χ4v) is 3.52. The number of nitrogens with zero attached hydrogens (tertiary/aromatic N) is 2. The van der Waals surface area contributed by atoms with Crippen molar-refractivity contribution >= 4 is 11.8 Å². The number of hydrogen-bond donors (Lipinski definition) is 0. The summed E-state index contributed by atoms with van der Waals surface area (Å²) in [6.45, 7) is 7.80. The first-order valence-electron chi connectivity index (χ1n) is 9.59. The lowest BCUT2D eigenvalue weighted by molar-refractivity contribution is 0.0322. The number of ether oxygens (including phenoxy) is 1. The zero-order chi connectivity index (χ0) is 17.3. The number of morpholine rings is 1. The van der Waals surface area contributed by atoms with Gasteiger partial charge in [-0.15, -0.1) is 0 Å². The van der Waals surface area contributed by atoms with Crippen LogP contribution in [0.5, 0.6) is 0 Å². The number of allylic oxidation sites excluding steroid dienone is 1. The van der Waals surface area contributed by atoms with E-state index in [1.165, 1.54) is 24.0 Å². The van der Waals surface area contributed by atoms with Crippen molar-refractivity contribution in [3.8, 4) is 0 Å². The van der Waals surface area contributed by atoms with Crippen LogP contribution in [-0.4, -0.2) is 50.1 Å². The first kappa shape index (κ1) is 18.2. The Bertz CT molecular complexity index is 577. The minimum atomic E-state index is 0.475. The van der Waals surface area contributed by atoms with Gasteiger partial charge in [0.2, 0.25) is 0 Å². The molecule has 0 unspecified atom stereocenters. The highest BCUT2D eigenvalue weighted by Crippen LogP contribution is 2.28. The molecule has 2 fully saturated rings. The lowest BCUT2D eigenvalue weighted by Crippen LogP contribution is -2.37. The van der Waals surface area contributed by atoms with Crippen molar-refractivity contribution in [3.63, 3.8) is 0 Å². The van der Waals surface area contributed by atoms with E-state index in [1.54, 1.807) is 0 Å². The highest BCUT2D eigenvalue weighted by atomic mass is 16.6. The normalized spacial score (nSPS) is 25.4. The van der Waals surface area contributed by atoms with Gasteiger partial charge in [0.15, 0.2) is 0 Å². The largest absolute Gasteiger partial charge is 0.396 e. The third kappa shape index (κ3) is 5.68. The molecule has 0 aromatic heterocycles. The molecule has 4 heteroatoms. The number of benzene rings is 1. The quantitative estimate of drug-likeness (QED) is 0.579. The van der Waals surface area contributed by atoms with Crippen LogP contribution in [0.25, 0.3) is 6.08 Å². The molecule has 2 aliphatic rings. The summed E-state index contributed by atoms with van der Waals surface area (Å²) in [5.41, 5.74) is 3.71. The van der Waals surface area contributed by atoms with E-state index in [0.717, 1.165) is 51.4 Å². The molecule has 25 heavy (non-hydrogen) atoms. The Morgan fingerprint density at radius 3 is 2.84 bits per heavy atom. The van der Waals surface area contributed by atoms with E-state index in [0.29, 0.717) is 12.5 Å². The van der Waals surface area contributed by atoms with Gasteiger partial charge in [0.05, 0.1) is 18.9 Å². The van der Waals surface area contributed by atoms with Crippen molar-refractivity contribution in [2.24, 2.45) is 11.1 Å². The number of hydrogen-bond acceptors (Lipinski definition) is 4. The van der Waals surface area contributed by atoms with Gasteiger partial charge >= 0.3 is 0 Å². The molecule has 0 spiro atoms. The molecule has 0 radical (unpaired) electrons. The van der Waals surface area contributed by atoms with Crippen LogP contribution in [0.15, 0.2) is 41.1 Å². The van der Waals surface area contributed by atoms with Gasteiger partial charge in [-0.3, -0.25) is 4.90 Å². The molecule has 0 bridgehead atoms. The standard InChI is InChI=1S/C21H30N2O2/c1-18-7-5-10-20(17-19-8-3-2-4-9-19)21(18)22-25-14-6-11-23-12-15-24-16-13-23/h2-4,8-9,17-18H,5-7,10-16H2,1H3/b20-17+,22-21+/t18-/m1/s1. The minimum absolute atomic E-state index is 0.475. The topological polar surface area (TPSA) is 34.1 Å². The van der Waals surface area contributed by atoms with E-state index in [9.17, 15) is 0 Å². The molecular formula is C21H30N2O2. The van der Waals surface area contributed by atoms with Crippen molar-refractivity contribution in [2.75, 3.05) is 39.5 Å². The number of oxime groups is 1. The maximum Gasteiger partial charge on any atom is 0.118 e. The summed E-state index contributed by atoms with van der Waals surface area (Å²) in [6.07, 6.45) is 6.81. The van der Waals surface area contributed by atoms with Crippen LogP contribution in [-0.2, 0) is 9.57 Å². The van der Waals surface area contributed by atoms with Crippen molar-refractivity contribution in [1.29, 1.82) is 0 Å². The molecule has 1 aliphatic carbocycles. The molecule has 3 rings (SSSR count). The molecule has 1 aliphatic heterocycles. The Morgan fingerprint density at radius 2 is 2.04 bits per heavy atom.